The Morgan fingerprint density at radius 3 is 2.11 bits per heavy atom. The lowest BCUT2D eigenvalue weighted by Gasteiger charge is -2.29. The highest BCUT2D eigenvalue weighted by Crippen LogP contribution is 2.21. The first-order chi connectivity index (χ1) is 12.4. The predicted molar refractivity (Wildman–Crippen MR) is 103 cm³/mol. The van der Waals surface area contributed by atoms with Crippen LogP contribution in [0.15, 0.2) is 0 Å². The van der Waals surface area contributed by atoms with E-state index in [4.69, 9.17) is 14.6 Å². The number of amides is 1. The average Bonchev–Trinajstić information content (AvgIpc) is 2.54. The molecule has 2 N–H and O–H groups in total. The summed E-state index contributed by atoms with van der Waals surface area (Å²) >= 11 is 0. The SMILES string of the molecule is CCCC[C@@H](C)[C@@H](CC(=O)O)OC(=O)[C@H](NC(=O)OC(C)(C)C)[C@@H](C)CC. The Balaban J connectivity index is 5.20. The largest absolute Gasteiger partial charge is 0.481 e. The molecule has 0 saturated heterocycles. The highest BCUT2D eigenvalue weighted by atomic mass is 16.6. The van der Waals surface area contributed by atoms with Crippen LogP contribution >= 0.6 is 0 Å². The number of rotatable bonds is 11. The van der Waals surface area contributed by atoms with Crippen molar-refractivity contribution < 1.29 is 29.0 Å². The van der Waals surface area contributed by atoms with Gasteiger partial charge in [0, 0.05) is 0 Å². The fourth-order valence-electron chi connectivity index (χ4n) is 2.57. The van der Waals surface area contributed by atoms with Gasteiger partial charge >= 0.3 is 18.0 Å². The molecular formula is C20H37NO6. The van der Waals surface area contributed by atoms with E-state index in [0.29, 0.717) is 6.42 Å². The van der Waals surface area contributed by atoms with E-state index in [2.05, 4.69) is 12.2 Å². The number of carboxylic acids is 1. The zero-order chi connectivity index (χ0) is 21.2. The maximum Gasteiger partial charge on any atom is 0.408 e. The number of alkyl carbamates (subject to hydrolysis) is 1. The number of hydrogen-bond acceptors (Lipinski definition) is 5. The van der Waals surface area contributed by atoms with Crippen molar-refractivity contribution >= 4 is 18.0 Å². The van der Waals surface area contributed by atoms with Gasteiger partial charge in [-0.1, -0.05) is 47.0 Å². The first-order valence-corrected chi connectivity index (χ1v) is 9.83. The second-order valence-electron chi connectivity index (χ2n) is 8.20. The van der Waals surface area contributed by atoms with Crippen molar-refractivity contribution in [3.05, 3.63) is 0 Å². The van der Waals surface area contributed by atoms with Crippen molar-refractivity contribution in [3.8, 4) is 0 Å². The predicted octanol–water partition coefficient (Wildman–Crippen LogP) is 4.14. The Morgan fingerprint density at radius 2 is 1.67 bits per heavy atom. The minimum absolute atomic E-state index is 0.0795. The topological polar surface area (TPSA) is 102 Å². The smallest absolute Gasteiger partial charge is 0.408 e. The number of ether oxygens (including phenoxy) is 2. The molecule has 158 valence electrons. The van der Waals surface area contributed by atoms with Crippen LogP contribution in [-0.4, -0.2) is 40.9 Å². The lowest BCUT2D eigenvalue weighted by molar-refractivity contribution is -0.159. The van der Waals surface area contributed by atoms with Crippen LogP contribution in [0.3, 0.4) is 0 Å². The Hall–Kier alpha value is -1.79. The summed E-state index contributed by atoms with van der Waals surface area (Å²) in [4.78, 5) is 36.0. The second kappa shape index (κ2) is 11.8. The molecule has 0 aromatic carbocycles. The quantitative estimate of drug-likeness (QED) is 0.517. The monoisotopic (exact) mass is 387 g/mol. The lowest BCUT2D eigenvalue weighted by atomic mass is 9.95. The van der Waals surface area contributed by atoms with Crippen LogP contribution in [0, 0.1) is 11.8 Å². The molecular weight excluding hydrogens is 350 g/mol. The van der Waals surface area contributed by atoms with Gasteiger partial charge in [-0.3, -0.25) is 4.79 Å². The van der Waals surface area contributed by atoms with Crippen LogP contribution in [0.5, 0.6) is 0 Å². The Morgan fingerprint density at radius 1 is 1.07 bits per heavy atom. The van der Waals surface area contributed by atoms with E-state index in [0.717, 1.165) is 19.3 Å². The van der Waals surface area contributed by atoms with Gasteiger partial charge in [-0.05, 0) is 39.0 Å². The molecule has 0 bridgehead atoms. The number of carbonyl (C=O) groups excluding carboxylic acids is 2. The van der Waals surface area contributed by atoms with Gasteiger partial charge in [-0.25, -0.2) is 9.59 Å². The number of esters is 1. The fraction of sp³-hybridized carbons (Fsp3) is 0.850. The molecule has 0 aliphatic rings. The Bertz CT molecular complexity index is 485. The van der Waals surface area contributed by atoms with E-state index in [1.165, 1.54) is 0 Å². The van der Waals surface area contributed by atoms with Crippen molar-refractivity contribution in [1.82, 2.24) is 5.32 Å². The fourth-order valence-corrected chi connectivity index (χ4v) is 2.57. The third kappa shape index (κ3) is 10.8. The summed E-state index contributed by atoms with van der Waals surface area (Å²) in [7, 11) is 0. The molecule has 0 spiro atoms. The van der Waals surface area contributed by atoms with Crippen molar-refractivity contribution in [2.75, 3.05) is 0 Å². The van der Waals surface area contributed by atoms with Crippen molar-refractivity contribution in [2.24, 2.45) is 11.8 Å². The first-order valence-electron chi connectivity index (χ1n) is 9.83. The summed E-state index contributed by atoms with van der Waals surface area (Å²) in [5.74, 6) is -1.90. The highest BCUT2D eigenvalue weighted by molar-refractivity contribution is 5.82. The lowest BCUT2D eigenvalue weighted by Crippen LogP contribution is -2.49. The van der Waals surface area contributed by atoms with Gasteiger partial charge in [0.2, 0.25) is 0 Å². The van der Waals surface area contributed by atoms with Gasteiger partial charge in [0.25, 0.3) is 0 Å². The van der Waals surface area contributed by atoms with Gasteiger partial charge < -0.3 is 19.9 Å². The van der Waals surface area contributed by atoms with E-state index in [1.807, 2.05) is 20.8 Å². The molecule has 1 amide bonds. The average molecular weight is 388 g/mol. The summed E-state index contributed by atoms with van der Waals surface area (Å²) in [5.41, 5.74) is -0.686. The van der Waals surface area contributed by atoms with Gasteiger partial charge in [-0.15, -0.1) is 0 Å². The van der Waals surface area contributed by atoms with E-state index in [-0.39, 0.29) is 18.3 Å². The van der Waals surface area contributed by atoms with Crippen molar-refractivity contribution in [2.45, 2.75) is 98.3 Å². The molecule has 7 heteroatoms. The molecule has 0 saturated carbocycles. The minimum Gasteiger partial charge on any atom is -0.481 e. The van der Waals surface area contributed by atoms with E-state index in [9.17, 15) is 14.4 Å². The molecule has 0 heterocycles. The molecule has 0 aliphatic heterocycles. The molecule has 0 aliphatic carbocycles. The standard InChI is InChI=1S/C20H37NO6/c1-8-10-11-14(4)15(12-16(22)23)26-18(24)17(13(3)9-2)21-19(25)27-20(5,6)7/h13-15,17H,8-12H2,1-7H3,(H,21,25)(H,22,23)/t13-,14+,15+,17+/m0/s1. The van der Waals surface area contributed by atoms with Crippen LogP contribution in [-0.2, 0) is 19.1 Å². The van der Waals surface area contributed by atoms with Crippen LogP contribution in [0.2, 0.25) is 0 Å². The molecule has 7 nitrogen and oxygen atoms in total. The van der Waals surface area contributed by atoms with Gasteiger partial charge in [0.15, 0.2) is 0 Å². The molecule has 0 aromatic heterocycles. The zero-order valence-electron chi connectivity index (χ0n) is 17.8. The highest BCUT2D eigenvalue weighted by Gasteiger charge is 2.33. The molecule has 0 rings (SSSR count). The van der Waals surface area contributed by atoms with Gasteiger partial charge in [0.05, 0.1) is 6.42 Å². The number of hydrogen-bond donors (Lipinski definition) is 2. The number of nitrogens with one attached hydrogen (secondary N) is 1. The summed E-state index contributed by atoms with van der Waals surface area (Å²) < 4.78 is 10.8. The molecule has 27 heavy (non-hydrogen) atoms. The summed E-state index contributed by atoms with van der Waals surface area (Å²) in [5, 5.41) is 11.7. The second-order valence-corrected chi connectivity index (χ2v) is 8.20. The molecule has 4 atom stereocenters. The Kier molecular flexibility index (Phi) is 11.0. The third-order valence-electron chi connectivity index (χ3n) is 4.43. The third-order valence-corrected chi connectivity index (χ3v) is 4.43. The molecule has 0 radical (unpaired) electrons. The van der Waals surface area contributed by atoms with E-state index >= 15 is 0 Å². The van der Waals surface area contributed by atoms with Crippen molar-refractivity contribution in [3.63, 3.8) is 0 Å². The minimum atomic E-state index is -1.02. The summed E-state index contributed by atoms with van der Waals surface area (Å²) in [6, 6.07) is -0.889. The molecule has 0 unspecified atom stereocenters. The maximum atomic E-state index is 12.7. The van der Waals surface area contributed by atoms with Crippen LogP contribution < -0.4 is 5.32 Å². The van der Waals surface area contributed by atoms with E-state index < -0.39 is 35.8 Å². The van der Waals surface area contributed by atoms with Crippen LogP contribution in [0.1, 0.15) is 80.6 Å². The summed E-state index contributed by atoms with van der Waals surface area (Å²) in [6.07, 6.45) is 1.65. The Labute approximate surface area is 163 Å². The normalized spacial score (nSPS) is 16.0. The van der Waals surface area contributed by atoms with Gasteiger partial charge in [-0.2, -0.15) is 0 Å². The van der Waals surface area contributed by atoms with Crippen LogP contribution in [0.4, 0.5) is 4.79 Å². The van der Waals surface area contributed by atoms with Crippen molar-refractivity contribution in [1.29, 1.82) is 0 Å². The summed E-state index contributed by atoms with van der Waals surface area (Å²) in [6.45, 7) is 12.9. The number of carbonyl (C=O) groups is 3. The molecule has 0 aromatic rings. The van der Waals surface area contributed by atoms with Gasteiger partial charge in [0.1, 0.15) is 17.7 Å². The molecule has 0 fully saturated rings. The maximum absolute atomic E-state index is 12.7. The number of unbranched alkanes of at least 4 members (excludes halogenated alkanes) is 1. The van der Waals surface area contributed by atoms with E-state index in [1.54, 1.807) is 20.8 Å². The number of aliphatic carboxylic acids is 1. The number of carboxylic acid groups (broad SMARTS) is 1. The van der Waals surface area contributed by atoms with Crippen LogP contribution in [0.25, 0.3) is 0 Å². The zero-order valence-corrected chi connectivity index (χ0v) is 17.8. The first kappa shape index (κ1) is 25.2.